The Hall–Kier alpha value is -2.97. The van der Waals surface area contributed by atoms with Crippen molar-refractivity contribution in [2.24, 2.45) is 0 Å². The highest BCUT2D eigenvalue weighted by atomic mass is 32.2. The largest absolute Gasteiger partial charge is 0.469 e. The highest BCUT2D eigenvalue weighted by Crippen LogP contribution is 2.28. The number of carbonyl (C=O) groups is 2. The van der Waals surface area contributed by atoms with Gasteiger partial charge in [-0.2, -0.15) is 4.31 Å². The quantitative estimate of drug-likeness (QED) is 0.389. The van der Waals surface area contributed by atoms with E-state index in [0.29, 0.717) is 30.6 Å². The Bertz CT molecular complexity index is 1300. The van der Waals surface area contributed by atoms with E-state index in [1.54, 1.807) is 18.2 Å². The van der Waals surface area contributed by atoms with Gasteiger partial charge in [-0.05, 0) is 56.0 Å². The third-order valence-corrected chi connectivity index (χ3v) is 8.18. The van der Waals surface area contributed by atoms with Crippen LogP contribution in [0.4, 0.5) is 0 Å². The van der Waals surface area contributed by atoms with E-state index in [-0.39, 0.29) is 23.1 Å². The van der Waals surface area contributed by atoms with E-state index in [0.717, 1.165) is 36.0 Å². The number of aromatic nitrogens is 1. The molecule has 0 amide bonds. The van der Waals surface area contributed by atoms with Gasteiger partial charge in [-0.15, -0.1) is 0 Å². The molecule has 4 rings (SSSR count). The highest BCUT2D eigenvalue weighted by Gasteiger charge is 2.28. The van der Waals surface area contributed by atoms with Gasteiger partial charge in [-0.25, -0.2) is 8.42 Å². The molecule has 3 heterocycles. The number of carbonyl (C=O) groups excluding carboxylic acids is 2. The van der Waals surface area contributed by atoms with Gasteiger partial charge in [-0.3, -0.25) is 9.59 Å². The van der Waals surface area contributed by atoms with Crippen LogP contribution in [0.25, 0.3) is 5.52 Å². The predicted molar refractivity (Wildman–Crippen MR) is 125 cm³/mol. The lowest BCUT2D eigenvalue weighted by atomic mass is 9.99. The second kappa shape index (κ2) is 9.49. The van der Waals surface area contributed by atoms with Crippen LogP contribution >= 0.6 is 0 Å². The van der Waals surface area contributed by atoms with E-state index in [1.165, 1.54) is 17.5 Å². The van der Waals surface area contributed by atoms with Crippen molar-refractivity contribution in [1.29, 1.82) is 0 Å². The molecule has 1 aliphatic rings. The molecule has 33 heavy (non-hydrogen) atoms. The van der Waals surface area contributed by atoms with E-state index < -0.39 is 10.0 Å². The van der Waals surface area contributed by atoms with E-state index in [9.17, 15) is 18.0 Å². The maximum absolute atomic E-state index is 13.6. The fourth-order valence-electron chi connectivity index (χ4n) is 4.51. The number of benzene rings is 1. The van der Waals surface area contributed by atoms with Gasteiger partial charge in [0.25, 0.3) is 0 Å². The van der Waals surface area contributed by atoms with Crippen LogP contribution in [0.5, 0.6) is 0 Å². The summed E-state index contributed by atoms with van der Waals surface area (Å²) >= 11 is 0. The zero-order valence-electron chi connectivity index (χ0n) is 18.9. The Morgan fingerprint density at radius 3 is 2.52 bits per heavy atom. The number of aryl methyl sites for hydroxylation is 1. The van der Waals surface area contributed by atoms with Gasteiger partial charge in [0.1, 0.15) is 0 Å². The number of ether oxygens (including phenoxy) is 1. The van der Waals surface area contributed by atoms with E-state index in [2.05, 4.69) is 0 Å². The van der Waals surface area contributed by atoms with Crippen LogP contribution in [-0.2, 0) is 26.0 Å². The summed E-state index contributed by atoms with van der Waals surface area (Å²) < 4.78 is 34.4. The summed E-state index contributed by atoms with van der Waals surface area (Å²) in [4.78, 5) is 25.5. The van der Waals surface area contributed by atoms with E-state index >= 15 is 0 Å². The van der Waals surface area contributed by atoms with Crippen molar-refractivity contribution in [2.45, 2.75) is 43.9 Å². The van der Waals surface area contributed by atoms with Crippen molar-refractivity contribution in [3.63, 3.8) is 0 Å². The number of esters is 1. The fraction of sp³-hybridized carbons (Fsp3) is 0.360. The highest BCUT2D eigenvalue weighted by molar-refractivity contribution is 7.89. The molecule has 0 N–H and O–H groups in total. The Morgan fingerprint density at radius 2 is 1.79 bits per heavy atom. The Labute approximate surface area is 194 Å². The van der Waals surface area contributed by atoms with Crippen LogP contribution in [-0.4, -0.2) is 49.1 Å². The molecule has 0 saturated carbocycles. The number of hydrogen-bond acceptors (Lipinski definition) is 5. The number of nitrogens with zero attached hydrogens (tertiary/aromatic N) is 2. The van der Waals surface area contributed by atoms with Gasteiger partial charge in [0.2, 0.25) is 10.0 Å². The first-order valence-electron chi connectivity index (χ1n) is 11.1. The van der Waals surface area contributed by atoms with Crippen molar-refractivity contribution in [1.82, 2.24) is 8.71 Å². The van der Waals surface area contributed by atoms with Crippen molar-refractivity contribution in [3.8, 4) is 0 Å². The van der Waals surface area contributed by atoms with E-state index in [1.807, 2.05) is 35.7 Å². The SMILES string of the molecule is COC(=O)CCc1c(C)c(C(=O)c2cccc(S(=O)(=O)N3CCCCC3)c2)c2ccccn12. The maximum atomic E-state index is 13.6. The molecular formula is C25H28N2O5S. The van der Waals surface area contributed by atoms with Gasteiger partial charge >= 0.3 is 5.97 Å². The topological polar surface area (TPSA) is 85.2 Å². The minimum Gasteiger partial charge on any atom is -0.469 e. The lowest BCUT2D eigenvalue weighted by molar-refractivity contribution is -0.140. The zero-order valence-corrected chi connectivity index (χ0v) is 19.7. The number of hydrogen-bond donors (Lipinski definition) is 0. The normalized spacial score (nSPS) is 15.0. The van der Waals surface area contributed by atoms with Crippen LogP contribution in [0.3, 0.4) is 0 Å². The molecule has 3 aromatic rings. The van der Waals surface area contributed by atoms with Gasteiger partial charge in [0, 0.05) is 30.5 Å². The lowest BCUT2D eigenvalue weighted by Gasteiger charge is -2.26. The molecule has 0 radical (unpaired) electrons. The molecule has 1 fully saturated rings. The van der Waals surface area contributed by atoms with Gasteiger partial charge in [0.15, 0.2) is 5.78 Å². The first kappa shape index (κ1) is 23.2. The molecule has 7 nitrogen and oxygen atoms in total. The third-order valence-electron chi connectivity index (χ3n) is 6.28. The molecule has 174 valence electrons. The van der Waals surface area contributed by atoms with Crippen molar-refractivity contribution in [2.75, 3.05) is 20.2 Å². The monoisotopic (exact) mass is 468 g/mol. The Kier molecular flexibility index (Phi) is 6.67. The fourth-order valence-corrected chi connectivity index (χ4v) is 6.08. The summed E-state index contributed by atoms with van der Waals surface area (Å²) in [6, 6.07) is 11.9. The minimum atomic E-state index is -3.64. The molecule has 2 aromatic heterocycles. The van der Waals surface area contributed by atoms with Crippen molar-refractivity contribution in [3.05, 3.63) is 71.0 Å². The van der Waals surface area contributed by atoms with Crippen LogP contribution < -0.4 is 0 Å². The van der Waals surface area contributed by atoms with Gasteiger partial charge in [-0.1, -0.05) is 24.6 Å². The third kappa shape index (κ3) is 4.45. The number of piperidine rings is 1. The first-order valence-corrected chi connectivity index (χ1v) is 12.6. The first-order chi connectivity index (χ1) is 15.8. The molecule has 1 aliphatic heterocycles. The average Bonchev–Trinajstić information content (AvgIpc) is 3.13. The number of fused-ring (bicyclic) bond motifs is 1. The van der Waals surface area contributed by atoms with Crippen LogP contribution in [0.15, 0.2) is 53.6 Å². The molecule has 8 heteroatoms. The summed E-state index contributed by atoms with van der Waals surface area (Å²) in [6.07, 6.45) is 5.23. The molecule has 0 atom stereocenters. The number of sulfonamides is 1. The second-order valence-corrected chi connectivity index (χ2v) is 10.2. The van der Waals surface area contributed by atoms with Crippen molar-refractivity contribution < 1.29 is 22.7 Å². The van der Waals surface area contributed by atoms with Gasteiger partial charge in [0.05, 0.1) is 29.5 Å². The van der Waals surface area contributed by atoms with Crippen LogP contribution in [0.2, 0.25) is 0 Å². The molecule has 0 spiro atoms. The molecule has 1 saturated heterocycles. The summed E-state index contributed by atoms with van der Waals surface area (Å²) in [7, 11) is -2.29. The summed E-state index contributed by atoms with van der Waals surface area (Å²) in [5, 5.41) is 0. The van der Waals surface area contributed by atoms with E-state index in [4.69, 9.17) is 4.74 Å². The second-order valence-electron chi connectivity index (χ2n) is 8.30. The standard InChI is InChI=1S/C25H28N2O5S/c1-18-21(12-13-23(28)32-2)27-16-7-4-11-22(27)24(18)25(29)19-9-8-10-20(17-19)33(30,31)26-14-5-3-6-15-26/h4,7-11,16-17H,3,5-6,12-15H2,1-2H3. The minimum absolute atomic E-state index is 0.141. The number of methoxy groups -OCH3 is 1. The summed E-state index contributed by atoms with van der Waals surface area (Å²) in [5.41, 5.74) is 3.20. The number of ketones is 1. The number of pyridine rings is 1. The number of rotatable bonds is 7. The lowest BCUT2D eigenvalue weighted by Crippen LogP contribution is -2.35. The Balaban J connectivity index is 1.73. The molecule has 0 aliphatic carbocycles. The Morgan fingerprint density at radius 1 is 1.03 bits per heavy atom. The van der Waals surface area contributed by atoms with Crippen LogP contribution in [0, 0.1) is 6.92 Å². The van der Waals surface area contributed by atoms with Gasteiger partial charge < -0.3 is 9.14 Å². The molecule has 0 unspecified atom stereocenters. The maximum Gasteiger partial charge on any atom is 0.305 e. The average molecular weight is 469 g/mol. The van der Waals surface area contributed by atoms with Crippen molar-refractivity contribution >= 4 is 27.3 Å². The summed E-state index contributed by atoms with van der Waals surface area (Å²) in [6.45, 7) is 2.88. The molecule has 0 bridgehead atoms. The van der Waals surface area contributed by atoms with Crippen LogP contribution in [0.1, 0.15) is 52.9 Å². The smallest absolute Gasteiger partial charge is 0.305 e. The zero-order chi connectivity index (χ0) is 23.6. The molecule has 1 aromatic carbocycles. The summed E-state index contributed by atoms with van der Waals surface area (Å²) in [5.74, 6) is -0.556. The molecular weight excluding hydrogens is 440 g/mol. The predicted octanol–water partition coefficient (Wildman–Crippen LogP) is 3.76.